The molecule has 1 saturated heterocycles. The summed E-state index contributed by atoms with van der Waals surface area (Å²) in [5.74, 6) is 1.65. The summed E-state index contributed by atoms with van der Waals surface area (Å²) in [7, 11) is 0. The second-order valence-electron chi connectivity index (χ2n) is 6.61. The molecule has 0 aromatic rings. The van der Waals surface area contributed by atoms with E-state index in [1.54, 1.807) is 0 Å². The molecule has 18 heavy (non-hydrogen) atoms. The third kappa shape index (κ3) is 2.89. The van der Waals surface area contributed by atoms with E-state index in [0.29, 0.717) is 6.10 Å². The first-order chi connectivity index (χ1) is 8.57. The number of hydrogen-bond acceptors (Lipinski definition) is 3. The van der Waals surface area contributed by atoms with Crippen LogP contribution in [0.4, 0.5) is 0 Å². The maximum atomic E-state index is 6.19. The minimum atomic E-state index is 0.244. The summed E-state index contributed by atoms with van der Waals surface area (Å²) in [5, 5.41) is 0. The zero-order chi connectivity index (χ0) is 13.2. The molecule has 2 fully saturated rings. The second-order valence-corrected chi connectivity index (χ2v) is 6.61. The van der Waals surface area contributed by atoms with Crippen molar-refractivity contribution >= 4 is 0 Å². The Bertz CT molecular complexity index is 271. The predicted octanol–water partition coefficient (Wildman–Crippen LogP) is 2.25. The predicted molar refractivity (Wildman–Crippen MR) is 75.6 cm³/mol. The Balaban J connectivity index is 2.10. The van der Waals surface area contributed by atoms with E-state index < -0.39 is 0 Å². The third-order valence-corrected chi connectivity index (χ3v) is 5.24. The van der Waals surface area contributed by atoms with Crippen LogP contribution in [0.1, 0.15) is 46.5 Å². The molecule has 0 spiro atoms. The van der Waals surface area contributed by atoms with E-state index in [-0.39, 0.29) is 5.54 Å². The molecule has 4 atom stereocenters. The molecule has 0 aromatic heterocycles. The maximum absolute atomic E-state index is 6.19. The normalized spacial score (nSPS) is 43.7. The first-order valence-corrected chi connectivity index (χ1v) is 7.64. The van der Waals surface area contributed by atoms with Crippen LogP contribution < -0.4 is 5.73 Å². The molecular weight excluding hydrogens is 224 g/mol. The van der Waals surface area contributed by atoms with Gasteiger partial charge in [-0.3, -0.25) is 4.90 Å². The van der Waals surface area contributed by atoms with Gasteiger partial charge in [-0.1, -0.05) is 13.8 Å². The number of rotatable bonds is 2. The van der Waals surface area contributed by atoms with Gasteiger partial charge in [-0.15, -0.1) is 0 Å². The molecular formula is C15H30N2O. The van der Waals surface area contributed by atoms with E-state index in [1.165, 1.54) is 19.3 Å². The van der Waals surface area contributed by atoms with Gasteiger partial charge in [0.25, 0.3) is 0 Å². The summed E-state index contributed by atoms with van der Waals surface area (Å²) < 4.78 is 5.78. The second kappa shape index (κ2) is 5.89. The molecule has 3 heteroatoms. The lowest BCUT2D eigenvalue weighted by Crippen LogP contribution is -2.58. The van der Waals surface area contributed by atoms with Crippen molar-refractivity contribution in [1.82, 2.24) is 4.90 Å². The molecule has 2 N–H and O–H groups in total. The topological polar surface area (TPSA) is 38.5 Å². The Kier molecular flexibility index (Phi) is 4.68. The zero-order valence-electron chi connectivity index (χ0n) is 12.3. The van der Waals surface area contributed by atoms with Crippen molar-refractivity contribution in [3.05, 3.63) is 0 Å². The Hall–Kier alpha value is -0.120. The van der Waals surface area contributed by atoms with Gasteiger partial charge in [-0.25, -0.2) is 0 Å². The van der Waals surface area contributed by atoms with Crippen molar-refractivity contribution in [1.29, 1.82) is 0 Å². The van der Waals surface area contributed by atoms with E-state index in [4.69, 9.17) is 10.5 Å². The van der Waals surface area contributed by atoms with Crippen LogP contribution in [0, 0.1) is 11.8 Å². The first kappa shape index (κ1) is 14.3. The molecule has 1 heterocycles. The minimum absolute atomic E-state index is 0.244. The van der Waals surface area contributed by atoms with Crippen molar-refractivity contribution in [3.63, 3.8) is 0 Å². The van der Waals surface area contributed by atoms with Crippen molar-refractivity contribution in [2.24, 2.45) is 17.6 Å². The van der Waals surface area contributed by atoms with E-state index in [1.807, 2.05) is 0 Å². The Labute approximate surface area is 112 Å². The van der Waals surface area contributed by atoms with Gasteiger partial charge in [-0.2, -0.15) is 0 Å². The molecule has 0 bridgehead atoms. The smallest absolute Gasteiger partial charge is 0.0674 e. The van der Waals surface area contributed by atoms with Gasteiger partial charge in [0.2, 0.25) is 0 Å². The molecule has 1 aliphatic heterocycles. The Morgan fingerprint density at radius 1 is 1.28 bits per heavy atom. The molecule has 1 aliphatic carbocycles. The number of nitrogens with zero attached hydrogens (tertiary/aromatic N) is 1. The molecule has 1 saturated carbocycles. The Morgan fingerprint density at radius 2 is 2.06 bits per heavy atom. The quantitative estimate of drug-likeness (QED) is 0.821. The average Bonchev–Trinajstić information content (AvgIpc) is 2.58. The third-order valence-electron chi connectivity index (χ3n) is 5.24. The van der Waals surface area contributed by atoms with Crippen molar-refractivity contribution in [3.8, 4) is 0 Å². The van der Waals surface area contributed by atoms with Crippen LogP contribution in [0.3, 0.4) is 0 Å². The lowest BCUT2D eigenvalue weighted by molar-refractivity contribution is 0.000400. The van der Waals surface area contributed by atoms with Crippen LogP contribution in [-0.2, 0) is 4.74 Å². The summed E-state index contributed by atoms with van der Waals surface area (Å²) in [5.41, 5.74) is 6.43. The Morgan fingerprint density at radius 3 is 2.72 bits per heavy atom. The summed E-state index contributed by atoms with van der Waals surface area (Å²) >= 11 is 0. The number of ether oxygens (including phenoxy) is 1. The van der Waals surface area contributed by atoms with E-state index >= 15 is 0 Å². The van der Waals surface area contributed by atoms with Gasteiger partial charge in [0.05, 0.1) is 6.10 Å². The van der Waals surface area contributed by atoms with Crippen molar-refractivity contribution in [2.75, 3.05) is 26.2 Å². The van der Waals surface area contributed by atoms with Gasteiger partial charge < -0.3 is 10.5 Å². The van der Waals surface area contributed by atoms with Crippen LogP contribution in [-0.4, -0.2) is 42.8 Å². The summed E-state index contributed by atoms with van der Waals surface area (Å²) in [6.45, 7) is 10.9. The highest BCUT2D eigenvalue weighted by molar-refractivity contribution is 4.98. The minimum Gasteiger partial charge on any atom is -0.377 e. The largest absolute Gasteiger partial charge is 0.377 e. The fraction of sp³-hybridized carbons (Fsp3) is 1.00. The first-order valence-electron chi connectivity index (χ1n) is 7.64. The van der Waals surface area contributed by atoms with Crippen LogP contribution in [0.15, 0.2) is 0 Å². The van der Waals surface area contributed by atoms with Crippen molar-refractivity contribution < 1.29 is 4.74 Å². The van der Waals surface area contributed by atoms with Crippen LogP contribution in [0.5, 0.6) is 0 Å². The van der Waals surface area contributed by atoms with E-state index in [0.717, 1.165) is 44.5 Å². The lowest BCUT2D eigenvalue weighted by atomic mass is 9.70. The fourth-order valence-corrected chi connectivity index (χ4v) is 3.71. The van der Waals surface area contributed by atoms with E-state index in [2.05, 4.69) is 25.7 Å². The summed E-state index contributed by atoms with van der Waals surface area (Å²) in [4.78, 5) is 2.65. The number of hydrogen-bond donors (Lipinski definition) is 1. The molecule has 0 radical (unpaired) electrons. The zero-order valence-corrected chi connectivity index (χ0v) is 12.3. The standard InChI is InChI=1S/C15H30N2O/c1-12-5-6-15(11-16,9-13(12)2)17-7-4-8-18-14(3)10-17/h12-14H,4-11,16H2,1-3H3. The molecule has 2 rings (SSSR count). The van der Waals surface area contributed by atoms with Gasteiger partial charge in [0, 0.05) is 31.8 Å². The highest BCUT2D eigenvalue weighted by Gasteiger charge is 2.41. The maximum Gasteiger partial charge on any atom is 0.0674 e. The van der Waals surface area contributed by atoms with Crippen molar-refractivity contribution in [2.45, 2.75) is 58.1 Å². The monoisotopic (exact) mass is 254 g/mol. The van der Waals surface area contributed by atoms with Gasteiger partial charge in [0.1, 0.15) is 0 Å². The SMILES string of the molecule is CC1CN(C2(CN)CCC(C)C(C)C2)CCCO1. The van der Waals surface area contributed by atoms with Crippen LogP contribution in [0.25, 0.3) is 0 Å². The van der Waals surface area contributed by atoms with Gasteiger partial charge in [-0.05, 0) is 44.4 Å². The molecule has 3 nitrogen and oxygen atoms in total. The summed E-state index contributed by atoms with van der Waals surface area (Å²) in [6, 6.07) is 0. The van der Waals surface area contributed by atoms with Crippen LogP contribution >= 0.6 is 0 Å². The molecule has 0 aromatic carbocycles. The highest BCUT2D eigenvalue weighted by Crippen LogP contribution is 2.40. The molecule has 0 amide bonds. The fourth-order valence-electron chi connectivity index (χ4n) is 3.71. The average molecular weight is 254 g/mol. The van der Waals surface area contributed by atoms with Crippen LogP contribution in [0.2, 0.25) is 0 Å². The highest BCUT2D eigenvalue weighted by atomic mass is 16.5. The lowest BCUT2D eigenvalue weighted by Gasteiger charge is -2.49. The van der Waals surface area contributed by atoms with Gasteiger partial charge in [0.15, 0.2) is 0 Å². The van der Waals surface area contributed by atoms with E-state index in [9.17, 15) is 0 Å². The molecule has 106 valence electrons. The molecule has 2 aliphatic rings. The molecule has 4 unspecified atom stereocenters. The summed E-state index contributed by atoms with van der Waals surface area (Å²) in [6.07, 6.45) is 5.35. The van der Waals surface area contributed by atoms with Gasteiger partial charge >= 0.3 is 0 Å². The number of nitrogens with two attached hydrogens (primary N) is 1.